The van der Waals surface area contributed by atoms with Gasteiger partial charge in [-0.25, -0.2) is 4.98 Å². The van der Waals surface area contributed by atoms with Gasteiger partial charge >= 0.3 is 0 Å². The van der Waals surface area contributed by atoms with Crippen molar-refractivity contribution in [3.63, 3.8) is 0 Å². The summed E-state index contributed by atoms with van der Waals surface area (Å²) < 4.78 is 16.6. The maximum atomic E-state index is 12.4. The molecule has 2 aliphatic rings. The molecular formula is C24H26N4O4. The van der Waals surface area contributed by atoms with E-state index < -0.39 is 0 Å². The van der Waals surface area contributed by atoms with Crippen molar-refractivity contribution in [2.45, 2.75) is 51.2 Å². The average Bonchev–Trinajstić information content (AvgIpc) is 3.62. The number of aromatic nitrogens is 3. The molecule has 8 heteroatoms. The number of carbonyl (C=O) groups is 1. The van der Waals surface area contributed by atoms with E-state index in [4.69, 9.17) is 14.0 Å². The highest BCUT2D eigenvalue weighted by atomic mass is 16.5. The summed E-state index contributed by atoms with van der Waals surface area (Å²) in [5, 5.41) is 7.23. The van der Waals surface area contributed by atoms with Crippen LogP contribution in [0.1, 0.15) is 59.0 Å². The predicted octanol–water partition coefficient (Wildman–Crippen LogP) is 3.81. The van der Waals surface area contributed by atoms with Gasteiger partial charge in [0.1, 0.15) is 18.1 Å². The molecule has 1 N–H and O–H groups in total. The monoisotopic (exact) mass is 434 g/mol. The van der Waals surface area contributed by atoms with Crippen LogP contribution in [-0.2, 0) is 11.3 Å². The zero-order valence-corrected chi connectivity index (χ0v) is 18.0. The molecule has 32 heavy (non-hydrogen) atoms. The van der Waals surface area contributed by atoms with Crippen LogP contribution in [0.5, 0.6) is 5.88 Å². The zero-order chi connectivity index (χ0) is 21.9. The Morgan fingerprint density at radius 2 is 1.94 bits per heavy atom. The van der Waals surface area contributed by atoms with Crippen LogP contribution in [-0.4, -0.2) is 40.3 Å². The third kappa shape index (κ3) is 4.65. The highest BCUT2D eigenvalue weighted by molar-refractivity contribution is 5.94. The minimum atomic E-state index is -0.129. The van der Waals surface area contributed by atoms with Crippen LogP contribution in [0, 0.1) is 6.92 Å². The van der Waals surface area contributed by atoms with Crippen LogP contribution in [0.3, 0.4) is 0 Å². The predicted molar refractivity (Wildman–Crippen MR) is 116 cm³/mol. The largest absolute Gasteiger partial charge is 0.473 e. The summed E-state index contributed by atoms with van der Waals surface area (Å²) >= 11 is 0. The van der Waals surface area contributed by atoms with E-state index in [1.807, 2.05) is 19.2 Å². The second-order valence-electron chi connectivity index (χ2n) is 8.35. The minimum absolute atomic E-state index is 0.129. The molecule has 1 amide bonds. The molecule has 0 bridgehead atoms. The first-order chi connectivity index (χ1) is 15.7. The number of rotatable bonds is 7. The molecule has 5 rings (SSSR count). The Kier molecular flexibility index (Phi) is 5.85. The van der Waals surface area contributed by atoms with Crippen molar-refractivity contribution in [1.29, 1.82) is 0 Å². The topological polar surface area (TPSA) is 99.4 Å². The molecule has 1 saturated carbocycles. The maximum absolute atomic E-state index is 12.4. The fourth-order valence-corrected chi connectivity index (χ4v) is 3.81. The molecule has 4 heterocycles. The van der Waals surface area contributed by atoms with Gasteiger partial charge in [-0.3, -0.25) is 9.78 Å². The quantitative estimate of drug-likeness (QED) is 0.604. The Labute approximate surface area is 186 Å². The molecular weight excluding hydrogens is 408 g/mol. The number of amides is 1. The van der Waals surface area contributed by atoms with Crippen molar-refractivity contribution in [3.05, 3.63) is 59.2 Å². The zero-order valence-electron chi connectivity index (χ0n) is 18.0. The number of nitrogens with one attached hydrogen (secondary N) is 1. The number of pyridine rings is 2. The number of carbonyl (C=O) groups excluding carboxylic acids is 1. The molecule has 166 valence electrons. The van der Waals surface area contributed by atoms with Gasteiger partial charge in [-0.1, -0.05) is 5.16 Å². The van der Waals surface area contributed by atoms with Crippen LogP contribution in [0.4, 0.5) is 0 Å². The highest BCUT2D eigenvalue weighted by Gasteiger charge is 2.25. The van der Waals surface area contributed by atoms with E-state index in [0.29, 0.717) is 36.3 Å². The summed E-state index contributed by atoms with van der Waals surface area (Å²) in [7, 11) is 0. The molecule has 0 aromatic carbocycles. The first-order valence-electron chi connectivity index (χ1n) is 11.1. The lowest BCUT2D eigenvalue weighted by atomic mass is 10.1. The Balaban J connectivity index is 1.22. The summed E-state index contributed by atoms with van der Waals surface area (Å²) in [4.78, 5) is 21.3. The molecule has 3 aromatic heterocycles. The van der Waals surface area contributed by atoms with E-state index in [1.54, 1.807) is 12.1 Å². The standard InChI is InChI=1S/C24H26N4O4/c1-15-20(23(28-32-15)17-4-6-21(25-12-17)16-2-3-16)14-31-22-7-5-18(13-26-22)24(29)27-19-8-10-30-11-9-19/h4-7,12-13,16,19H,2-3,8-11,14H2,1H3,(H,27,29). The number of ether oxygens (including phenoxy) is 2. The van der Waals surface area contributed by atoms with Gasteiger partial charge in [0.2, 0.25) is 5.88 Å². The third-order valence-corrected chi connectivity index (χ3v) is 5.96. The van der Waals surface area contributed by atoms with E-state index >= 15 is 0 Å². The molecule has 3 aromatic rings. The second-order valence-corrected chi connectivity index (χ2v) is 8.35. The number of aryl methyl sites for hydroxylation is 1. The van der Waals surface area contributed by atoms with Crippen molar-refractivity contribution < 1.29 is 18.8 Å². The number of hydrogen-bond acceptors (Lipinski definition) is 7. The van der Waals surface area contributed by atoms with Gasteiger partial charge in [-0.05, 0) is 50.8 Å². The van der Waals surface area contributed by atoms with Crippen LogP contribution in [0.15, 0.2) is 41.2 Å². The molecule has 0 spiro atoms. The average molecular weight is 434 g/mol. The molecule has 0 atom stereocenters. The van der Waals surface area contributed by atoms with Crippen molar-refractivity contribution in [2.75, 3.05) is 13.2 Å². The first-order valence-corrected chi connectivity index (χ1v) is 11.1. The third-order valence-electron chi connectivity index (χ3n) is 5.96. The maximum Gasteiger partial charge on any atom is 0.253 e. The van der Waals surface area contributed by atoms with Crippen LogP contribution in [0.2, 0.25) is 0 Å². The Morgan fingerprint density at radius 3 is 2.62 bits per heavy atom. The van der Waals surface area contributed by atoms with Gasteiger partial charge in [0.15, 0.2) is 0 Å². The fourth-order valence-electron chi connectivity index (χ4n) is 3.81. The van der Waals surface area contributed by atoms with Gasteiger partial charge in [-0.2, -0.15) is 0 Å². The molecule has 0 unspecified atom stereocenters. The van der Waals surface area contributed by atoms with Crippen LogP contribution in [0.25, 0.3) is 11.3 Å². The van der Waals surface area contributed by atoms with Crippen molar-refractivity contribution in [2.24, 2.45) is 0 Å². The van der Waals surface area contributed by atoms with Crippen LogP contribution >= 0.6 is 0 Å². The summed E-state index contributed by atoms with van der Waals surface area (Å²) in [5.41, 5.74) is 4.13. The fraction of sp³-hybridized carbons (Fsp3) is 0.417. The summed E-state index contributed by atoms with van der Waals surface area (Å²) in [6.45, 7) is 3.48. The Bertz CT molecular complexity index is 1070. The first kappa shape index (κ1) is 20.6. The van der Waals surface area contributed by atoms with E-state index in [1.165, 1.54) is 19.0 Å². The van der Waals surface area contributed by atoms with E-state index in [9.17, 15) is 4.79 Å². The summed E-state index contributed by atoms with van der Waals surface area (Å²) in [6.07, 6.45) is 7.48. The summed E-state index contributed by atoms with van der Waals surface area (Å²) in [5.74, 6) is 1.61. The smallest absolute Gasteiger partial charge is 0.253 e. The van der Waals surface area contributed by atoms with Gasteiger partial charge in [0.05, 0.1) is 11.1 Å². The normalized spacial score (nSPS) is 16.7. The van der Waals surface area contributed by atoms with Crippen LogP contribution < -0.4 is 10.1 Å². The van der Waals surface area contributed by atoms with Gasteiger partial charge < -0.3 is 19.3 Å². The Morgan fingerprint density at radius 1 is 1.09 bits per heavy atom. The highest BCUT2D eigenvalue weighted by Crippen LogP contribution is 2.39. The summed E-state index contributed by atoms with van der Waals surface area (Å²) in [6, 6.07) is 7.67. The van der Waals surface area contributed by atoms with Gasteiger partial charge in [0, 0.05) is 54.9 Å². The van der Waals surface area contributed by atoms with Gasteiger partial charge in [-0.15, -0.1) is 0 Å². The molecule has 2 fully saturated rings. The lowest BCUT2D eigenvalue weighted by molar-refractivity contribution is 0.0696. The molecule has 1 aliphatic heterocycles. The minimum Gasteiger partial charge on any atom is -0.473 e. The van der Waals surface area contributed by atoms with Crippen molar-refractivity contribution in [3.8, 4) is 17.1 Å². The number of hydrogen-bond donors (Lipinski definition) is 1. The molecule has 0 radical (unpaired) electrons. The van der Waals surface area contributed by atoms with E-state index in [0.717, 1.165) is 35.4 Å². The number of nitrogens with zero attached hydrogens (tertiary/aromatic N) is 3. The van der Waals surface area contributed by atoms with Crippen molar-refractivity contribution in [1.82, 2.24) is 20.4 Å². The van der Waals surface area contributed by atoms with Crippen molar-refractivity contribution >= 4 is 5.91 Å². The Hall–Kier alpha value is -3.26. The SMILES string of the molecule is Cc1onc(-c2ccc(C3CC3)nc2)c1COc1ccc(C(=O)NC2CCOCC2)cn1. The molecule has 1 saturated heterocycles. The lowest BCUT2D eigenvalue weighted by Gasteiger charge is -2.23. The van der Waals surface area contributed by atoms with Gasteiger partial charge in [0.25, 0.3) is 5.91 Å². The lowest BCUT2D eigenvalue weighted by Crippen LogP contribution is -2.38. The molecule has 1 aliphatic carbocycles. The van der Waals surface area contributed by atoms with E-state index in [-0.39, 0.29) is 18.6 Å². The van der Waals surface area contributed by atoms with E-state index in [2.05, 4.69) is 26.5 Å². The second kappa shape index (κ2) is 9.08. The molecule has 8 nitrogen and oxygen atoms in total.